The van der Waals surface area contributed by atoms with Crippen LogP contribution in [0.25, 0.3) is 0 Å². The molecule has 2 saturated heterocycles. The van der Waals surface area contributed by atoms with E-state index in [1.54, 1.807) is 6.21 Å². The number of fused-ring (bicyclic) bond motifs is 1. The fraction of sp³-hybridized carbons (Fsp3) is 0.733. The van der Waals surface area contributed by atoms with Crippen LogP contribution >= 0.6 is 0 Å². The van der Waals surface area contributed by atoms with Crippen molar-refractivity contribution in [2.45, 2.75) is 49.6 Å². The van der Waals surface area contributed by atoms with Gasteiger partial charge in [0.2, 0.25) is 0 Å². The number of hydrogen-bond acceptors (Lipinski definition) is 6. The molecule has 2 fully saturated rings. The SMILES string of the molecule is C#CCN1C(=O)NC2N(O)CN=CC21C1([C@@H](O)CC)CCCO1. The van der Waals surface area contributed by atoms with Gasteiger partial charge in [0, 0.05) is 12.8 Å². The first-order valence-electron chi connectivity index (χ1n) is 7.83. The summed E-state index contributed by atoms with van der Waals surface area (Å²) in [5.41, 5.74) is -2.22. The number of hydroxylamine groups is 2. The number of rotatable bonds is 4. The first-order chi connectivity index (χ1) is 11.0. The summed E-state index contributed by atoms with van der Waals surface area (Å²) in [4.78, 5) is 18.1. The van der Waals surface area contributed by atoms with E-state index in [1.807, 2.05) is 6.92 Å². The second-order valence-electron chi connectivity index (χ2n) is 6.13. The van der Waals surface area contributed by atoms with Crippen LogP contribution in [0.1, 0.15) is 26.2 Å². The van der Waals surface area contributed by atoms with Gasteiger partial charge in [-0.15, -0.1) is 11.5 Å². The molecule has 3 unspecified atom stereocenters. The molecule has 3 heterocycles. The number of carbonyl (C=O) groups excluding carboxylic acids is 1. The Morgan fingerprint density at radius 1 is 1.70 bits per heavy atom. The third-order valence-corrected chi connectivity index (χ3v) is 5.09. The third-order valence-electron chi connectivity index (χ3n) is 5.09. The minimum Gasteiger partial charge on any atom is -0.390 e. The number of urea groups is 1. The smallest absolute Gasteiger partial charge is 0.320 e. The summed E-state index contributed by atoms with van der Waals surface area (Å²) in [6.45, 7) is 2.40. The maximum absolute atomic E-state index is 12.5. The Bertz CT molecular complexity index is 554. The highest BCUT2D eigenvalue weighted by Gasteiger charge is 2.70. The summed E-state index contributed by atoms with van der Waals surface area (Å²) in [7, 11) is 0. The van der Waals surface area contributed by atoms with Crippen LogP contribution < -0.4 is 5.32 Å². The molecule has 3 aliphatic heterocycles. The normalized spacial score (nSPS) is 38.3. The van der Waals surface area contributed by atoms with E-state index in [0.717, 1.165) is 11.5 Å². The number of amides is 2. The number of nitrogens with one attached hydrogen (secondary N) is 1. The Hall–Kier alpha value is -1.66. The van der Waals surface area contributed by atoms with Gasteiger partial charge >= 0.3 is 6.03 Å². The predicted molar refractivity (Wildman–Crippen MR) is 81.8 cm³/mol. The highest BCUT2D eigenvalue weighted by molar-refractivity contribution is 5.90. The molecular formula is C15H22N4O4. The van der Waals surface area contributed by atoms with E-state index in [1.165, 1.54) is 4.90 Å². The molecule has 2 amide bonds. The number of hydrogen-bond donors (Lipinski definition) is 3. The summed E-state index contributed by atoms with van der Waals surface area (Å²) < 4.78 is 6.03. The molecular weight excluding hydrogens is 300 g/mol. The number of aliphatic hydroxyl groups is 1. The van der Waals surface area contributed by atoms with Crippen LogP contribution in [0.15, 0.2) is 4.99 Å². The molecule has 0 spiro atoms. The van der Waals surface area contributed by atoms with Gasteiger partial charge in [0.1, 0.15) is 24.0 Å². The molecule has 0 aromatic carbocycles. The van der Waals surface area contributed by atoms with Crippen molar-refractivity contribution < 1.29 is 19.8 Å². The van der Waals surface area contributed by atoms with E-state index >= 15 is 0 Å². The summed E-state index contributed by atoms with van der Waals surface area (Å²) in [5.74, 6) is 2.48. The lowest BCUT2D eigenvalue weighted by molar-refractivity contribution is -0.207. The number of ether oxygens (including phenoxy) is 1. The maximum atomic E-state index is 12.5. The largest absolute Gasteiger partial charge is 0.390 e. The lowest BCUT2D eigenvalue weighted by atomic mass is 9.70. The zero-order valence-corrected chi connectivity index (χ0v) is 13.1. The number of terminal acetylenes is 1. The zero-order chi connectivity index (χ0) is 16.7. The minimum atomic E-state index is -1.16. The van der Waals surface area contributed by atoms with Gasteiger partial charge in [0.25, 0.3) is 0 Å². The van der Waals surface area contributed by atoms with Crippen LogP contribution in [-0.4, -0.2) is 75.8 Å². The van der Waals surface area contributed by atoms with Crippen molar-refractivity contribution >= 4 is 12.2 Å². The number of aliphatic imine (C=N–C) groups is 1. The monoisotopic (exact) mass is 322 g/mol. The van der Waals surface area contributed by atoms with E-state index < -0.39 is 29.4 Å². The first kappa shape index (κ1) is 16.2. The lowest BCUT2D eigenvalue weighted by Crippen LogP contribution is -2.75. The Labute approximate surface area is 135 Å². The van der Waals surface area contributed by atoms with Crippen molar-refractivity contribution in [2.24, 2.45) is 4.99 Å². The van der Waals surface area contributed by atoms with Gasteiger partial charge in [0.05, 0.1) is 12.6 Å². The Kier molecular flexibility index (Phi) is 4.06. The van der Waals surface area contributed by atoms with Crippen LogP contribution in [-0.2, 0) is 4.74 Å². The van der Waals surface area contributed by atoms with E-state index in [-0.39, 0.29) is 13.2 Å². The molecule has 3 rings (SSSR count). The molecule has 8 nitrogen and oxygen atoms in total. The first-order valence-corrected chi connectivity index (χ1v) is 7.83. The fourth-order valence-electron chi connectivity index (χ4n) is 4.11. The van der Waals surface area contributed by atoms with Crippen LogP contribution in [0, 0.1) is 12.3 Å². The molecule has 8 heteroatoms. The van der Waals surface area contributed by atoms with Gasteiger partial charge in [-0.3, -0.25) is 9.89 Å². The Morgan fingerprint density at radius 2 is 2.48 bits per heavy atom. The molecule has 126 valence electrons. The van der Waals surface area contributed by atoms with Crippen molar-refractivity contribution in [1.82, 2.24) is 15.3 Å². The second-order valence-corrected chi connectivity index (χ2v) is 6.13. The average Bonchev–Trinajstić information content (AvgIpc) is 3.14. The van der Waals surface area contributed by atoms with E-state index in [9.17, 15) is 15.1 Å². The Balaban J connectivity index is 2.19. The van der Waals surface area contributed by atoms with Gasteiger partial charge in [-0.2, -0.15) is 0 Å². The molecule has 0 aromatic heterocycles. The number of aliphatic hydroxyl groups excluding tert-OH is 1. The molecule has 0 bridgehead atoms. The van der Waals surface area contributed by atoms with E-state index in [4.69, 9.17) is 11.2 Å². The van der Waals surface area contributed by atoms with Crippen molar-refractivity contribution in [1.29, 1.82) is 0 Å². The van der Waals surface area contributed by atoms with Crippen molar-refractivity contribution in [3.8, 4) is 12.3 Å². The van der Waals surface area contributed by atoms with Gasteiger partial charge < -0.3 is 20.4 Å². The molecule has 23 heavy (non-hydrogen) atoms. The molecule has 0 aliphatic carbocycles. The summed E-state index contributed by atoms with van der Waals surface area (Å²) in [6.07, 6.45) is 7.21. The van der Waals surface area contributed by atoms with Crippen molar-refractivity contribution in [3.63, 3.8) is 0 Å². The Morgan fingerprint density at radius 3 is 3.09 bits per heavy atom. The van der Waals surface area contributed by atoms with Crippen LogP contribution in [0.4, 0.5) is 4.79 Å². The third kappa shape index (κ3) is 2.01. The average molecular weight is 322 g/mol. The number of carbonyl (C=O) groups is 1. The minimum absolute atomic E-state index is 0.0315. The number of nitrogens with zero attached hydrogens (tertiary/aromatic N) is 3. The standard InChI is InChI=1S/C15H22N4O4/c1-3-7-18-13(21)17-12-14(18,9-16-10-19(12)22)15(11(20)4-2)6-5-8-23-15/h1,9,11-12,20,22H,4-8,10H2,2H3,(H,17,21)/t11-,12?,14?,15?/m0/s1. The van der Waals surface area contributed by atoms with Crippen molar-refractivity contribution in [3.05, 3.63) is 0 Å². The van der Waals surface area contributed by atoms with Gasteiger partial charge in [-0.1, -0.05) is 12.8 Å². The van der Waals surface area contributed by atoms with Crippen molar-refractivity contribution in [2.75, 3.05) is 19.8 Å². The molecule has 0 radical (unpaired) electrons. The van der Waals surface area contributed by atoms with Crippen LogP contribution in [0.2, 0.25) is 0 Å². The summed E-state index contributed by atoms with van der Waals surface area (Å²) in [6, 6.07) is -0.404. The van der Waals surface area contributed by atoms with E-state index in [0.29, 0.717) is 19.4 Å². The molecule has 4 atom stereocenters. The zero-order valence-electron chi connectivity index (χ0n) is 13.1. The summed E-state index contributed by atoms with van der Waals surface area (Å²) >= 11 is 0. The highest BCUT2D eigenvalue weighted by atomic mass is 16.5. The van der Waals surface area contributed by atoms with Gasteiger partial charge in [-0.05, 0) is 19.3 Å². The van der Waals surface area contributed by atoms with Crippen LogP contribution in [0.5, 0.6) is 0 Å². The molecule has 3 aliphatic rings. The molecule has 0 aromatic rings. The topological polar surface area (TPSA) is 97.6 Å². The second kappa shape index (κ2) is 5.76. The maximum Gasteiger partial charge on any atom is 0.320 e. The fourth-order valence-corrected chi connectivity index (χ4v) is 4.11. The highest BCUT2D eigenvalue weighted by Crippen LogP contribution is 2.48. The quantitative estimate of drug-likeness (QED) is 0.621. The lowest BCUT2D eigenvalue weighted by Gasteiger charge is -2.53. The van der Waals surface area contributed by atoms with E-state index in [2.05, 4.69) is 16.2 Å². The van der Waals surface area contributed by atoms with Gasteiger partial charge in [-0.25, -0.2) is 4.79 Å². The van der Waals surface area contributed by atoms with Crippen LogP contribution in [0.3, 0.4) is 0 Å². The molecule has 0 saturated carbocycles. The predicted octanol–water partition coefficient (Wildman–Crippen LogP) is -0.237. The summed E-state index contributed by atoms with van der Waals surface area (Å²) in [5, 5.41) is 24.7. The molecule has 3 N–H and O–H groups in total. The van der Waals surface area contributed by atoms with Gasteiger partial charge in [0.15, 0.2) is 0 Å².